The molecule has 0 spiro atoms. The van der Waals surface area contributed by atoms with E-state index in [4.69, 9.17) is 10.1 Å². The van der Waals surface area contributed by atoms with Gasteiger partial charge in [-0.05, 0) is 43.7 Å². The fourth-order valence-corrected chi connectivity index (χ4v) is 3.94. The molecule has 1 aliphatic rings. The molecule has 2 aromatic carbocycles. The summed E-state index contributed by atoms with van der Waals surface area (Å²) in [5.74, 6) is 0.987. The van der Waals surface area contributed by atoms with E-state index >= 15 is 0 Å². The van der Waals surface area contributed by atoms with Crippen LogP contribution in [-0.2, 0) is 4.79 Å². The average Bonchev–Trinajstić information content (AvgIpc) is 3.23. The third-order valence-corrected chi connectivity index (χ3v) is 5.43. The zero-order valence-electron chi connectivity index (χ0n) is 17.8. The first-order chi connectivity index (χ1) is 15.6. The Morgan fingerprint density at radius 3 is 2.53 bits per heavy atom. The summed E-state index contributed by atoms with van der Waals surface area (Å²) in [5, 5.41) is 11.1. The van der Waals surface area contributed by atoms with Crippen molar-refractivity contribution in [1.82, 2.24) is 19.7 Å². The van der Waals surface area contributed by atoms with Gasteiger partial charge in [0.1, 0.15) is 6.04 Å². The third kappa shape index (κ3) is 3.65. The number of hydrogen-bond acceptors (Lipinski definition) is 5. The van der Waals surface area contributed by atoms with Crippen LogP contribution in [0.25, 0.3) is 11.4 Å². The zero-order valence-corrected chi connectivity index (χ0v) is 17.8. The van der Waals surface area contributed by atoms with Crippen LogP contribution in [0, 0.1) is 6.92 Å². The lowest BCUT2D eigenvalue weighted by atomic mass is 9.94. The lowest BCUT2D eigenvalue weighted by Crippen LogP contribution is -2.31. The molecule has 1 amide bonds. The van der Waals surface area contributed by atoms with Crippen molar-refractivity contribution >= 4 is 17.5 Å². The number of fused-ring (bicyclic) bond motifs is 1. The number of nitrogens with one attached hydrogen (secondary N) is 2. The third-order valence-electron chi connectivity index (χ3n) is 5.43. The number of anilines is 2. The Kier molecular flexibility index (Phi) is 4.99. The Balaban J connectivity index is 1.62. The van der Waals surface area contributed by atoms with Crippen LogP contribution in [0.1, 0.15) is 24.1 Å². The van der Waals surface area contributed by atoms with Crippen molar-refractivity contribution < 1.29 is 4.79 Å². The first-order valence-electron chi connectivity index (χ1n) is 10.4. The van der Waals surface area contributed by atoms with Gasteiger partial charge in [0.05, 0.1) is 5.57 Å². The highest BCUT2D eigenvalue weighted by molar-refractivity contribution is 6.06. The van der Waals surface area contributed by atoms with Gasteiger partial charge in [-0.3, -0.25) is 9.78 Å². The molecule has 1 unspecified atom stereocenters. The summed E-state index contributed by atoms with van der Waals surface area (Å²) in [5.41, 5.74) is 5.01. The van der Waals surface area contributed by atoms with E-state index < -0.39 is 6.04 Å². The minimum absolute atomic E-state index is 0.181. The molecule has 5 rings (SSSR count). The molecular weight excluding hydrogens is 400 g/mol. The monoisotopic (exact) mass is 422 g/mol. The summed E-state index contributed by atoms with van der Waals surface area (Å²) in [7, 11) is 0. The van der Waals surface area contributed by atoms with Crippen LogP contribution in [0.2, 0.25) is 0 Å². The predicted octanol–water partition coefficient (Wildman–Crippen LogP) is 4.58. The van der Waals surface area contributed by atoms with Gasteiger partial charge in [-0.1, -0.05) is 48.0 Å². The second-order valence-electron chi connectivity index (χ2n) is 7.74. The summed E-state index contributed by atoms with van der Waals surface area (Å²) < 4.78 is 1.79. The number of allylic oxidation sites excluding steroid dienone is 1. The Bertz CT molecular complexity index is 1310. The fourth-order valence-electron chi connectivity index (χ4n) is 3.94. The van der Waals surface area contributed by atoms with Crippen LogP contribution < -0.4 is 10.6 Å². The Hall–Kier alpha value is -4.26. The van der Waals surface area contributed by atoms with Crippen LogP contribution in [0.4, 0.5) is 11.6 Å². The molecule has 32 heavy (non-hydrogen) atoms. The van der Waals surface area contributed by atoms with Gasteiger partial charge in [0.2, 0.25) is 5.95 Å². The fraction of sp³-hybridized carbons (Fsp3) is 0.120. The highest BCUT2D eigenvalue weighted by atomic mass is 16.1. The van der Waals surface area contributed by atoms with Crippen molar-refractivity contribution in [1.29, 1.82) is 0 Å². The van der Waals surface area contributed by atoms with E-state index in [0.717, 1.165) is 28.1 Å². The molecule has 0 radical (unpaired) electrons. The topological polar surface area (TPSA) is 84.7 Å². The van der Waals surface area contributed by atoms with Crippen molar-refractivity contribution in [2.45, 2.75) is 19.9 Å². The molecule has 0 bridgehead atoms. The van der Waals surface area contributed by atoms with E-state index in [0.29, 0.717) is 17.3 Å². The maximum Gasteiger partial charge on any atom is 0.255 e. The summed E-state index contributed by atoms with van der Waals surface area (Å²) in [6, 6.07) is 20.9. The van der Waals surface area contributed by atoms with Crippen molar-refractivity contribution in [2.24, 2.45) is 0 Å². The van der Waals surface area contributed by atoms with Crippen LogP contribution >= 0.6 is 0 Å². The second kappa shape index (κ2) is 8.11. The highest BCUT2D eigenvalue weighted by Gasteiger charge is 2.34. The second-order valence-corrected chi connectivity index (χ2v) is 7.74. The van der Waals surface area contributed by atoms with E-state index in [1.54, 1.807) is 17.1 Å². The molecule has 0 aliphatic carbocycles. The maximum atomic E-state index is 13.5. The summed E-state index contributed by atoms with van der Waals surface area (Å²) in [6.45, 7) is 3.93. The number of carbonyl (C=O) groups is 1. The first-order valence-corrected chi connectivity index (χ1v) is 10.4. The van der Waals surface area contributed by atoms with E-state index in [1.807, 2.05) is 74.5 Å². The molecule has 2 aromatic heterocycles. The number of carbonyl (C=O) groups excluding carboxylic acids is 1. The molecular formula is C25H22N6O. The molecule has 3 heterocycles. The van der Waals surface area contributed by atoms with Gasteiger partial charge >= 0.3 is 0 Å². The number of aryl methyl sites for hydroxylation is 1. The molecule has 4 aromatic rings. The lowest BCUT2D eigenvalue weighted by molar-refractivity contribution is -0.113. The van der Waals surface area contributed by atoms with Gasteiger partial charge in [-0.15, -0.1) is 5.10 Å². The van der Waals surface area contributed by atoms with E-state index in [-0.39, 0.29) is 5.91 Å². The molecule has 7 heteroatoms. The summed E-state index contributed by atoms with van der Waals surface area (Å²) >= 11 is 0. The van der Waals surface area contributed by atoms with Gasteiger partial charge in [0.15, 0.2) is 5.82 Å². The quantitative estimate of drug-likeness (QED) is 0.503. The normalized spacial score (nSPS) is 15.1. The van der Waals surface area contributed by atoms with Crippen LogP contribution in [0.5, 0.6) is 0 Å². The minimum Gasteiger partial charge on any atom is -0.328 e. The van der Waals surface area contributed by atoms with E-state index in [1.165, 1.54) is 0 Å². The molecule has 7 nitrogen and oxygen atoms in total. The van der Waals surface area contributed by atoms with Crippen molar-refractivity contribution in [3.05, 3.63) is 102 Å². The van der Waals surface area contributed by atoms with Crippen LogP contribution in [0.3, 0.4) is 0 Å². The van der Waals surface area contributed by atoms with Gasteiger partial charge in [0.25, 0.3) is 5.91 Å². The van der Waals surface area contributed by atoms with Gasteiger partial charge in [0, 0.05) is 29.3 Å². The molecule has 1 aliphatic heterocycles. The number of para-hydroxylation sites is 1. The van der Waals surface area contributed by atoms with E-state index in [2.05, 4.69) is 21.7 Å². The number of rotatable bonds is 4. The molecule has 0 saturated heterocycles. The van der Waals surface area contributed by atoms with Crippen molar-refractivity contribution in [2.75, 3.05) is 10.6 Å². The average molecular weight is 422 g/mol. The van der Waals surface area contributed by atoms with Gasteiger partial charge < -0.3 is 10.6 Å². The van der Waals surface area contributed by atoms with Crippen LogP contribution in [-0.4, -0.2) is 25.7 Å². The molecule has 2 N–H and O–H groups in total. The summed E-state index contributed by atoms with van der Waals surface area (Å²) in [6.07, 6.45) is 3.42. The highest BCUT2D eigenvalue weighted by Crippen LogP contribution is 2.37. The standard InChI is InChI=1S/C25H22N6O/c1-16-7-6-8-19(15-16)22-21(24(32)28-20-9-4-3-5-10-20)17(2)27-25-29-23(30-31(22)25)18-11-13-26-14-12-18/h3-15,22H,1-2H3,(H,28,32)(H,27,29,30). The van der Waals surface area contributed by atoms with Crippen LogP contribution in [0.15, 0.2) is 90.4 Å². The molecule has 158 valence electrons. The number of aromatic nitrogens is 4. The SMILES string of the molecule is CC1=C(C(=O)Nc2ccccc2)C(c2cccc(C)c2)n2nc(-c3ccncc3)nc2N1. The number of amides is 1. The minimum atomic E-state index is -0.419. The Morgan fingerprint density at radius 2 is 1.78 bits per heavy atom. The van der Waals surface area contributed by atoms with Gasteiger partial charge in [-0.25, -0.2) is 4.68 Å². The largest absolute Gasteiger partial charge is 0.328 e. The number of nitrogens with zero attached hydrogens (tertiary/aromatic N) is 4. The Morgan fingerprint density at radius 1 is 1.00 bits per heavy atom. The Labute approximate surface area is 185 Å². The maximum absolute atomic E-state index is 13.5. The van der Waals surface area contributed by atoms with E-state index in [9.17, 15) is 4.79 Å². The summed E-state index contributed by atoms with van der Waals surface area (Å²) in [4.78, 5) is 22.2. The number of benzene rings is 2. The first kappa shape index (κ1) is 19.7. The lowest BCUT2D eigenvalue weighted by Gasteiger charge is -2.29. The molecule has 0 saturated carbocycles. The predicted molar refractivity (Wildman–Crippen MR) is 124 cm³/mol. The number of hydrogen-bond donors (Lipinski definition) is 2. The number of pyridine rings is 1. The molecule has 0 fully saturated rings. The van der Waals surface area contributed by atoms with Crippen molar-refractivity contribution in [3.8, 4) is 11.4 Å². The molecule has 1 atom stereocenters. The van der Waals surface area contributed by atoms with Crippen molar-refractivity contribution in [3.63, 3.8) is 0 Å². The zero-order chi connectivity index (χ0) is 22.1. The smallest absolute Gasteiger partial charge is 0.255 e. The van der Waals surface area contributed by atoms with Gasteiger partial charge in [-0.2, -0.15) is 4.98 Å².